The molecule has 0 saturated carbocycles. The van der Waals surface area contributed by atoms with E-state index in [0.717, 1.165) is 23.2 Å². The number of nitrogen functional groups attached to an aromatic ring is 1. The van der Waals surface area contributed by atoms with Crippen LogP contribution in [0.5, 0.6) is 17.2 Å². The molecule has 4 aromatic carbocycles. The lowest BCUT2D eigenvalue weighted by atomic mass is 10.0. The molecule has 2 bridgehead atoms. The number of benzene rings is 4. The molecule has 0 radical (unpaired) electrons. The number of ketones is 1. The van der Waals surface area contributed by atoms with Gasteiger partial charge in [-0.15, -0.1) is 0 Å². The lowest BCUT2D eigenvalue weighted by Gasteiger charge is -2.28. The Bertz CT molecular complexity index is 3470. The zero-order chi connectivity index (χ0) is 52.6. The second-order valence-corrected chi connectivity index (χ2v) is 25.0. The van der Waals surface area contributed by atoms with Crippen molar-refractivity contribution in [3.63, 3.8) is 0 Å². The van der Waals surface area contributed by atoms with Gasteiger partial charge in [0.2, 0.25) is 0 Å². The Hall–Kier alpha value is -6.57. The van der Waals surface area contributed by atoms with E-state index in [1.165, 1.54) is 83.7 Å². The monoisotopic (exact) mass is 1110 g/mol. The van der Waals surface area contributed by atoms with Gasteiger partial charge in [0, 0.05) is 34.9 Å². The van der Waals surface area contributed by atoms with E-state index in [-0.39, 0.29) is 57.1 Å². The maximum Gasteiger partial charge on any atom is 0.390 e. The molecule has 28 heteroatoms. The highest BCUT2D eigenvalue weighted by molar-refractivity contribution is 8.55. The zero-order valence-electron chi connectivity index (χ0n) is 38.5. The quantitative estimate of drug-likeness (QED) is 0.0407. The van der Waals surface area contributed by atoms with Crippen LogP contribution < -0.4 is 21.7 Å². The number of anilines is 1. The third kappa shape index (κ3) is 11.4. The Morgan fingerprint density at radius 1 is 0.707 bits per heavy atom. The van der Waals surface area contributed by atoms with Crippen LogP contribution in [0.15, 0.2) is 132 Å². The van der Waals surface area contributed by atoms with Crippen molar-refractivity contribution in [2.24, 2.45) is 0 Å². The SMILES string of the molecule is Nc1ncnc2c1ncn2[C@@H]1O[C@@H]2COP(=O)(SCc3ccc(C(=O)c4ccc(O)cc4)cc3)O[C@@H]3[C@H](F)[C@@H](COP(=O)(SCc4ccc(OC(=O)c5ccc(O)cc5)cc4)O[C@H]2[C@H]1F)O[C@H]3n1ccc(=O)[nH]c1=O. The molecule has 3 fully saturated rings. The number of halogens is 2. The molecule has 0 spiro atoms. The summed E-state index contributed by atoms with van der Waals surface area (Å²) in [6, 6.07) is 24.3. The van der Waals surface area contributed by atoms with Gasteiger partial charge in [-0.2, -0.15) is 0 Å². The van der Waals surface area contributed by atoms with Crippen molar-refractivity contribution in [3.8, 4) is 17.2 Å². The van der Waals surface area contributed by atoms with Gasteiger partial charge in [-0.05, 0) is 94.6 Å². The second-order valence-electron chi connectivity index (χ2n) is 16.9. The molecular weight excluding hydrogens is 1070 g/mol. The normalized spacial score (nSPS) is 26.9. The topological polar surface area (TPSA) is 298 Å². The number of alkyl halides is 2. The first-order valence-electron chi connectivity index (χ1n) is 22.5. The van der Waals surface area contributed by atoms with Gasteiger partial charge in [-0.3, -0.25) is 41.8 Å². The van der Waals surface area contributed by atoms with Crippen LogP contribution in [0.3, 0.4) is 0 Å². The molecule has 0 aliphatic carbocycles. The van der Waals surface area contributed by atoms with Crippen LogP contribution in [-0.2, 0) is 48.2 Å². The van der Waals surface area contributed by atoms with Crippen LogP contribution in [-0.4, -0.2) is 101 Å². The second kappa shape index (κ2) is 21.6. The Balaban J connectivity index is 0.960. The van der Waals surface area contributed by atoms with Gasteiger partial charge in [-0.1, -0.05) is 36.4 Å². The molecule has 390 valence electrons. The summed E-state index contributed by atoms with van der Waals surface area (Å²) in [5.74, 6) is -1.28. The van der Waals surface area contributed by atoms with E-state index in [0.29, 0.717) is 45.0 Å². The molecule has 5 N–H and O–H groups in total. The molecule has 0 amide bonds. The summed E-state index contributed by atoms with van der Waals surface area (Å²) in [6.45, 7) is -11.2. The number of fused-ring (bicyclic) bond motifs is 4. The fraction of sp³-hybridized carbons (Fsp3) is 0.255. The van der Waals surface area contributed by atoms with E-state index in [4.69, 9.17) is 38.0 Å². The van der Waals surface area contributed by atoms with Crippen molar-refractivity contribution in [3.05, 3.63) is 171 Å². The van der Waals surface area contributed by atoms with Crippen molar-refractivity contribution in [1.29, 1.82) is 0 Å². The van der Waals surface area contributed by atoms with Crippen molar-refractivity contribution in [2.75, 3.05) is 18.9 Å². The summed E-state index contributed by atoms with van der Waals surface area (Å²) < 4.78 is 109. The Labute approximate surface area is 430 Å². The summed E-state index contributed by atoms with van der Waals surface area (Å²) in [6.07, 6.45) is -11.6. The van der Waals surface area contributed by atoms with Gasteiger partial charge < -0.3 is 30.2 Å². The first kappa shape index (κ1) is 51.9. The fourth-order valence-electron chi connectivity index (χ4n) is 8.11. The minimum Gasteiger partial charge on any atom is -0.508 e. The van der Waals surface area contributed by atoms with Gasteiger partial charge in [0.25, 0.3) is 5.56 Å². The van der Waals surface area contributed by atoms with E-state index in [1.54, 1.807) is 24.3 Å². The number of phenols is 2. The summed E-state index contributed by atoms with van der Waals surface area (Å²) in [7, 11) is 0. The number of aromatic amines is 1. The molecule has 2 unspecified atom stereocenters. The highest BCUT2D eigenvalue weighted by Crippen LogP contribution is 2.67. The maximum atomic E-state index is 17.3. The maximum absolute atomic E-state index is 17.3. The van der Waals surface area contributed by atoms with Crippen LogP contribution in [0.25, 0.3) is 11.2 Å². The van der Waals surface area contributed by atoms with Crippen molar-refractivity contribution in [2.45, 2.75) is 60.7 Å². The van der Waals surface area contributed by atoms with Crippen LogP contribution in [0.2, 0.25) is 0 Å². The van der Waals surface area contributed by atoms with E-state index in [9.17, 15) is 29.4 Å². The molecule has 3 aliphatic rings. The Morgan fingerprint density at radius 3 is 1.89 bits per heavy atom. The minimum atomic E-state index is -4.76. The molecule has 7 aromatic rings. The summed E-state index contributed by atoms with van der Waals surface area (Å²) in [5, 5.41) is 19.3. The number of hydrogen-bond donors (Lipinski definition) is 4. The first-order chi connectivity index (χ1) is 36.0. The Kier molecular flexibility index (Phi) is 14.9. The molecule has 10 atom stereocenters. The average Bonchev–Trinajstić information content (AvgIpc) is 4.10. The standard InChI is InChI=1S/C47H41F2N7O15P2S2/c48-36-33-19-65-72(63,74-22-26-3-15-32(16-4-26)67-46(61)29-9-13-31(58)14-10-29)70-40-34(69-44(37(40)49)56-24-53-38-42(50)51-23-52-43(38)56)20-66-73(64,71-41(36)45(68-33)55-18-17-35(59)54-47(55)62)75-21-25-1-5-27(6-2-25)39(60)28-7-11-30(57)12-8-28/h1-18,23-24,33-34,36-37,40-41,44-45,57-58H,19-22H2,(H2,50,51,52)(H,54,59,62)/t33-,34-,36-,37-,40-,41-,44-,45-,72?,73?/m1/s1. The molecule has 3 saturated heterocycles. The number of imidazole rings is 1. The number of aromatic nitrogens is 6. The Morgan fingerprint density at radius 2 is 1.27 bits per heavy atom. The number of nitrogens with two attached hydrogens (primary N) is 1. The van der Waals surface area contributed by atoms with Gasteiger partial charge in [0.05, 0.1) is 25.1 Å². The predicted molar refractivity (Wildman–Crippen MR) is 266 cm³/mol. The third-order valence-corrected chi connectivity index (χ3v) is 19.3. The fourth-order valence-corrected chi connectivity index (χ4v) is 14.8. The number of nitrogens with zero attached hydrogens (tertiary/aromatic N) is 5. The van der Waals surface area contributed by atoms with Gasteiger partial charge in [0.15, 0.2) is 42.0 Å². The number of nitrogens with one attached hydrogen (secondary N) is 1. The van der Waals surface area contributed by atoms with Gasteiger partial charge >= 0.3 is 25.3 Å². The van der Waals surface area contributed by atoms with E-state index < -0.39 is 93.2 Å². The molecule has 3 aromatic heterocycles. The van der Waals surface area contributed by atoms with Crippen molar-refractivity contribution >= 4 is 65.1 Å². The first-order valence-corrected chi connectivity index (χ1v) is 28.8. The highest BCUT2D eigenvalue weighted by atomic mass is 32.7. The number of hydrogen-bond acceptors (Lipinski definition) is 21. The van der Waals surface area contributed by atoms with Crippen LogP contribution in [0.4, 0.5) is 14.6 Å². The number of aromatic hydroxyl groups is 2. The van der Waals surface area contributed by atoms with E-state index >= 15 is 17.9 Å². The average molecular weight is 1110 g/mol. The molecule has 6 heterocycles. The van der Waals surface area contributed by atoms with Crippen LogP contribution in [0, 0.1) is 0 Å². The molecule has 22 nitrogen and oxygen atoms in total. The summed E-state index contributed by atoms with van der Waals surface area (Å²) in [5.41, 5.74) is 6.11. The molecule has 10 rings (SSSR count). The number of ether oxygens (including phenoxy) is 3. The van der Waals surface area contributed by atoms with Crippen LogP contribution >= 0.6 is 36.4 Å². The number of H-pyrrole nitrogens is 1. The number of carbonyl (C=O) groups excluding carboxylic acids is 2. The minimum absolute atomic E-state index is 0.0187. The smallest absolute Gasteiger partial charge is 0.390 e. The van der Waals surface area contributed by atoms with Gasteiger partial charge in [0.1, 0.15) is 53.5 Å². The molecule has 75 heavy (non-hydrogen) atoms. The van der Waals surface area contributed by atoms with Crippen molar-refractivity contribution in [1.82, 2.24) is 29.1 Å². The molecule has 3 aliphatic heterocycles. The summed E-state index contributed by atoms with van der Waals surface area (Å²) >= 11 is 1.16. The lowest BCUT2D eigenvalue weighted by Crippen LogP contribution is -2.37. The lowest BCUT2D eigenvalue weighted by molar-refractivity contribution is -0.0589. The van der Waals surface area contributed by atoms with Gasteiger partial charge in [-0.25, -0.2) is 42.5 Å². The van der Waals surface area contributed by atoms with Crippen LogP contribution in [0.1, 0.15) is 49.9 Å². The number of esters is 1. The predicted octanol–water partition coefficient (Wildman–Crippen LogP) is 7.19. The number of rotatable bonds is 12. The third-order valence-electron chi connectivity index (χ3n) is 12.0. The largest absolute Gasteiger partial charge is 0.508 e. The van der Waals surface area contributed by atoms with E-state index in [2.05, 4.69) is 19.9 Å². The number of phenolic OH excluding ortho intramolecular Hbond substituents is 2. The molecular formula is C47H41F2N7O15P2S2. The number of carbonyl (C=O) groups is 2. The zero-order valence-corrected chi connectivity index (χ0v) is 41.9. The summed E-state index contributed by atoms with van der Waals surface area (Å²) in [4.78, 5) is 65.6. The van der Waals surface area contributed by atoms with Crippen molar-refractivity contribution < 1.29 is 70.0 Å². The van der Waals surface area contributed by atoms with E-state index in [1.807, 2.05) is 0 Å². The highest BCUT2D eigenvalue weighted by Gasteiger charge is 2.55.